The topological polar surface area (TPSA) is 86.4 Å². The highest BCUT2D eigenvalue weighted by Crippen LogP contribution is 2.24. The minimum atomic E-state index is -0.602. The summed E-state index contributed by atoms with van der Waals surface area (Å²) in [6.45, 7) is 3.80. The van der Waals surface area contributed by atoms with Crippen molar-refractivity contribution in [1.82, 2.24) is 9.78 Å². The number of ether oxygens (including phenoxy) is 1. The molecule has 2 aromatic heterocycles. The van der Waals surface area contributed by atoms with Gasteiger partial charge in [0.05, 0.1) is 11.7 Å². The van der Waals surface area contributed by atoms with E-state index in [1.54, 1.807) is 42.2 Å². The Labute approximate surface area is 137 Å². The molecule has 0 bridgehead atoms. The largest absolute Gasteiger partial charge is 0.491 e. The zero-order valence-electron chi connectivity index (χ0n) is 13.6. The smallest absolute Gasteiger partial charge is 0.337 e. The van der Waals surface area contributed by atoms with Gasteiger partial charge in [-0.05, 0) is 26.0 Å². The van der Waals surface area contributed by atoms with Crippen molar-refractivity contribution in [3.8, 4) is 5.75 Å². The molecule has 0 aliphatic rings. The first-order valence-electron chi connectivity index (χ1n) is 7.48. The van der Waals surface area contributed by atoms with E-state index in [2.05, 4.69) is 10.4 Å². The number of nitrogens with one attached hydrogen (secondary N) is 1. The van der Waals surface area contributed by atoms with E-state index in [1.807, 2.05) is 13.8 Å². The number of aromatic nitrogens is 2. The molecule has 0 fully saturated rings. The molecule has 0 radical (unpaired) electrons. The normalized spacial score (nSPS) is 11.0. The van der Waals surface area contributed by atoms with Crippen LogP contribution >= 0.6 is 0 Å². The molecule has 124 valence electrons. The second-order valence-corrected chi connectivity index (χ2v) is 5.63. The Bertz CT molecular complexity index is 956. The van der Waals surface area contributed by atoms with E-state index in [0.29, 0.717) is 22.5 Å². The second kappa shape index (κ2) is 6.19. The van der Waals surface area contributed by atoms with Crippen molar-refractivity contribution in [3.63, 3.8) is 0 Å². The molecule has 3 aromatic rings. The molecule has 0 aliphatic heterocycles. The highest BCUT2D eigenvalue weighted by molar-refractivity contribution is 6.11. The number of fused-ring (bicyclic) bond motifs is 1. The highest BCUT2D eigenvalue weighted by Gasteiger charge is 2.15. The van der Waals surface area contributed by atoms with Crippen LogP contribution in [-0.4, -0.2) is 21.8 Å². The van der Waals surface area contributed by atoms with Gasteiger partial charge in [-0.25, -0.2) is 4.79 Å². The van der Waals surface area contributed by atoms with Crippen LogP contribution in [-0.2, 0) is 7.05 Å². The van der Waals surface area contributed by atoms with Crippen molar-refractivity contribution in [2.45, 2.75) is 20.0 Å². The zero-order chi connectivity index (χ0) is 17.3. The average molecular weight is 327 g/mol. The van der Waals surface area contributed by atoms with Crippen molar-refractivity contribution in [1.29, 1.82) is 0 Å². The lowest BCUT2D eigenvalue weighted by Gasteiger charge is -2.11. The van der Waals surface area contributed by atoms with E-state index in [-0.39, 0.29) is 11.7 Å². The van der Waals surface area contributed by atoms with E-state index in [4.69, 9.17) is 9.15 Å². The Morgan fingerprint density at radius 2 is 2.08 bits per heavy atom. The fourth-order valence-corrected chi connectivity index (χ4v) is 2.34. The van der Waals surface area contributed by atoms with Crippen molar-refractivity contribution >= 4 is 22.7 Å². The molecule has 2 heterocycles. The minimum Gasteiger partial charge on any atom is -0.491 e. The molecule has 0 unspecified atom stereocenters. The molecule has 24 heavy (non-hydrogen) atoms. The van der Waals surface area contributed by atoms with Gasteiger partial charge in [0, 0.05) is 36.8 Å². The molecule has 0 spiro atoms. The van der Waals surface area contributed by atoms with Crippen LogP contribution in [0.25, 0.3) is 11.0 Å². The number of hydrogen-bond acceptors (Lipinski definition) is 5. The molecule has 1 amide bonds. The third-order valence-electron chi connectivity index (χ3n) is 3.29. The van der Waals surface area contributed by atoms with Crippen molar-refractivity contribution in [2.75, 3.05) is 5.32 Å². The van der Waals surface area contributed by atoms with Gasteiger partial charge in [-0.1, -0.05) is 0 Å². The van der Waals surface area contributed by atoms with Crippen molar-refractivity contribution < 1.29 is 13.9 Å². The Morgan fingerprint density at radius 1 is 1.29 bits per heavy atom. The van der Waals surface area contributed by atoms with E-state index >= 15 is 0 Å². The van der Waals surface area contributed by atoms with Crippen LogP contribution in [0.4, 0.5) is 5.82 Å². The predicted octanol–water partition coefficient (Wildman–Crippen LogP) is 2.57. The van der Waals surface area contributed by atoms with Gasteiger partial charge >= 0.3 is 5.63 Å². The van der Waals surface area contributed by atoms with Gasteiger partial charge in [0.2, 0.25) is 0 Å². The summed E-state index contributed by atoms with van der Waals surface area (Å²) in [5.41, 5.74) is -0.0785. The van der Waals surface area contributed by atoms with Gasteiger partial charge in [0.15, 0.2) is 5.82 Å². The van der Waals surface area contributed by atoms with Gasteiger partial charge in [0.25, 0.3) is 5.91 Å². The molecule has 0 aliphatic carbocycles. The third-order valence-corrected chi connectivity index (χ3v) is 3.29. The Morgan fingerprint density at radius 3 is 2.75 bits per heavy atom. The first kappa shape index (κ1) is 15.8. The molecule has 0 saturated heterocycles. The Hall–Kier alpha value is -3.09. The first-order chi connectivity index (χ1) is 11.4. The Balaban J connectivity index is 2.00. The number of amides is 1. The quantitative estimate of drug-likeness (QED) is 0.744. The molecule has 7 heteroatoms. The second-order valence-electron chi connectivity index (χ2n) is 5.63. The standard InChI is InChI=1S/C17H17N3O4/c1-10(2)23-11-4-5-12-13(9-16(21)24-14(12)8-11)17(22)18-15-6-7-20(3)19-15/h4-10H,1-3H3,(H,18,19,22). The lowest BCUT2D eigenvalue weighted by atomic mass is 10.1. The summed E-state index contributed by atoms with van der Waals surface area (Å²) >= 11 is 0. The van der Waals surface area contributed by atoms with Crippen LogP contribution in [0.1, 0.15) is 24.2 Å². The number of anilines is 1. The van der Waals surface area contributed by atoms with Gasteiger partial charge in [-0.2, -0.15) is 5.10 Å². The molecule has 0 atom stereocenters. The SMILES string of the molecule is CC(C)Oc1ccc2c(C(=O)Nc3ccn(C)n3)cc(=O)oc2c1. The monoisotopic (exact) mass is 327 g/mol. The van der Waals surface area contributed by atoms with Crippen molar-refractivity contribution in [2.24, 2.45) is 7.05 Å². The number of hydrogen-bond donors (Lipinski definition) is 1. The number of rotatable bonds is 4. The third kappa shape index (κ3) is 3.29. The maximum Gasteiger partial charge on any atom is 0.337 e. The maximum absolute atomic E-state index is 12.5. The van der Waals surface area contributed by atoms with Crippen LogP contribution in [0.15, 0.2) is 45.7 Å². The van der Waals surface area contributed by atoms with Crippen LogP contribution in [0.5, 0.6) is 5.75 Å². The van der Waals surface area contributed by atoms with Crippen molar-refractivity contribution in [3.05, 3.63) is 52.5 Å². The predicted molar refractivity (Wildman–Crippen MR) is 89.4 cm³/mol. The average Bonchev–Trinajstić information content (AvgIpc) is 2.90. The number of benzene rings is 1. The van der Waals surface area contributed by atoms with Gasteiger partial charge in [0.1, 0.15) is 11.3 Å². The summed E-state index contributed by atoms with van der Waals surface area (Å²) in [6, 6.07) is 7.88. The van der Waals surface area contributed by atoms with Crippen LogP contribution in [0, 0.1) is 0 Å². The summed E-state index contributed by atoms with van der Waals surface area (Å²) in [6.07, 6.45) is 1.70. The molecule has 7 nitrogen and oxygen atoms in total. The highest BCUT2D eigenvalue weighted by atomic mass is 16.5. The van der Waals surface area contributed by atoms with Crippen LogP contribution in [0.3, 0.4) is 0 Å². The van der Waals surface area contributed by atoms with E-state index in [0.717, 1.165) is 0 Å². The summed E-state index contributed by atoms with van der Waals surface area (Å²) in [7, 11) is 1.75. The molecular formula is C17H17N3O4. The van der Waals surface area contributed by atoms with E-state index in [1.165, 1.54) is 6.07 Å². The number of carbonyl (C=O) groups is 1. The summed E-state index contributed by atoms with van der Waals surface area (Å²) in [5, 5.41) is 7.28. The fraction of sp³-hybridized carbons (Fsp3) is 0.235. The van der Waals surface area contributed by atoms with Crippen LogP contribution < -0.4 is 15.7 Å². The summed E-state index contributed by atoms with van der Waals surface area (Å²) in [4.78, 5) is 24.3. The minimum absolute atomic E-state index is 0.00944. The lowest BCUT2D eigenvalue weighted by molar-refractivity contribution is 0.102. The first-order valence-corrected chi connectivity index (χ1v) is 7.48. The van der Waals surface area contributed by atoms with Gasteiger partial charge in [-0.15, -0.1) is 0 Å². The van der Waals surface area contributed by atoms with Gasteiger partial charge in [-0.3, -0.25) is 9.48 Å². The number of aryl methyl sites for hydroxylation is 1. The summed E-state index contributed by atoms with van der Waals surface area (Å²) < 4.78 is 12.4. The maximum atomic E-state index is 12.5. The molecule has 1 aromatic carbocycles. The van der Waals surface area contributed by atoms with Gasteiger partial charge < -0.3 is 14.5 Å². The van der Waals surface area contributed by atoms with E-state index < -0.39 is 11.5 Å². The molecule has 1 N–H and O–H groups in total. The number of nitrogens with zero attached hydrogens (tertiary/aromatic N) is 2. The fourth-order valence-electron chi connectivity index (χ4n) is 2.34. The molecular weight excluding hydrogens is 310 g/mol. The van der Waals surface area contributed by atoms with E-state index in [9.17, 15) is 9.59 Å². The summed E-state index contributed by atoms with van der Waals surface area (Å²) in [5.74, 6) is 0.552. The zero-order valence-corrected chi connectivity index (χ0v) is 13.6. The lowest BCUT2D eigenvalue weighted by Crippen LogP contribution is -2.15. The van der Waals surface area contributed by atoms with Crippen LogP contribution in [0.2, 0.25) is 0 Å². The Kier molecular flexibility index (Phi) is 4.07. The number of carbonyl (C=O) groups excluding carboxylic acids is 1. The molecule has 0 saturated carbocycles. The molecule has 3 rings (SSSR count).